The largest absolute Gasteiger partial charge is 0.465 e. The first-order valence-electron chi connectivity index (χ1n) is 11.3. The average molecular weight is 479 g/mol. The van der Waals surface area contributed by atoms with E-state index in [4.69, 9.17) is 21.7 Å². The molecule has 0 amide bonds. The molecule has 1 aliphatic rings. The van der Waals surface area contributed by atoms with Crippen molar-refractivity contribution >= 4 is 23.3 Å². The van der Waals surface area contributed by atoms with E-state index in [1.807, 2.05) is 36.4 Å². The van der Waals surface area contributed by atoms with Crippen LogP contribution < -0.4 is 5.32 Å². The van der Waals surface area contributed by atoms with Crippen LogP contribution in [-0.4, -0.2) is 52.9 Å². The van der Waals surface area contributed by atoms with Gasteiger partial charge < -0.3 is 24.3 Å². The zero-order valence-corrected chi connectivity index (χ0v) is 20.8. The lowest BCUT2D eigenvalue weighted by Crippen LogP contribution is -2.31. The van der Waals surface area contributed by atoms with Crippen LogP contribution in [0.5, 0.6) is 0 Å². The number of nitrogens with one attached hydrogen (secondary N) is 1. The van der Waals surface area contributed by atoms with Crippen molar-refractivity contribution in [2.24, 2.45) is 0 Å². The third-order valence-corrected chi connectivity index (χ3v) is 6.64. The summed E-state index contributed by atoms with van der Waals surface area (Å²) in [5.74, 6) is -0.360. The molecule has 0 radical (unpaired) electrons. The minimum absolute atomic E-state index is 0.0514. The van der Waals surface area contributed by atoms with E-state index < -0.39 is 0 Å². The van der Waals surface area contributed by atoms with E-state index in [1.54, 1.807) is 19.4 Å². The number of thiocarbonyl (C=S) groups is 1. The maximum absolute atomic E-state index is 12.5. The molecular formula is C26H30N4O3S. The third kappa shape index (κ3) is 4.43. The summed E-state index contributed by atoms with van der Waals surface area (Å²) in [5.41, 5.74) is 5.46. The van der Waals surface area contributed by atoms with Crippen molar-refractivity contribution in [3.8, 4) is 5.69 Å². The van der Waals surface area contributed by atoms with Gasteiger partial charge >= 0.3 is 5.97 Å². The summed E-state index contributed by atoms with van der Waals surface area (Å²) < 4.78 is 12.4. The summed E-state index contributed by atoms with van der Waals surface area (Å²) >= 11 is 5.77. The van der Waals surface area contributed by atoms with Crippen molar-refractivity contribution in [1.29, 1.82) is 0 Å². The van der Waals surface area contributed by atoms with Crippen LogP contribution in [-0.2, 0) is 9.47 Å². The van der Waals surface area contributed by atoms with Gasteiger partial charge in [-0.15, -0.1) is 0 Å². The fourth-order valence-electron chi connectivity index (χ4n) is 4.77. The number of hydrogen-bond donors (Lipinski definition) is 1. The van der Waals surface area contributed by atoms with Gasteiger partial charge in [0.25, 0.3) is 0 Å². The first-order valence-corrected chi connectivity index (χ1v) is 11.7. The second-order valence-corrected chi connectivity index (χ2v) is 8.72. The number of nitrogens with zero attached hydrogens (tertiary/aromatic N) is 3. The number of esters is 1. The highest BCUT2D eigenvalue weighted by molar-refractivity contribution is 7.80. The molecule has 3 aromatic rings. The Morgan fingerprint density at radius 2 is 1.91 bits per heavy atom. The Bertz CT molecular complexity index is 1180. The molecule has 0 aliphatic carbocycles. The van der Waals surface area contributed by atoms with Gasteiger partial charge in [0.2, 0.25) is 0 Å². The first-order chi connectivity index (χ1) is 16.5. The Morgan fingerprint density at radius 1 is 1.15 bits per heavy atom. The fourth-order valence-corrected chi connectivity index (χ4v) is 5.10. The summed E-state index contributed by atoms with van der Waals surface area (Å²) in [4.78, 5) is 19.3. The van der Waals surface area contributed by atoms with Crippen LogP contribution in [0.4, 0.5) is 0 Å². The number of carbonyl (C=O) groups is 1. The monoisotopic (exact) mass is 478 g/mol. The number of aromatic nitrogens is 2. The van der Waals surface area contributed by atoms with Gasteiger partial charge in [0.15, 0.2) is 5.11 Å². The molecule has 7 nitrogen and oxygen atoms in total. The van der Waals surface area contributed by atoms with E-state index in [2.05, 4.69) is 39.7 Å². The predicted molar refractivity (Wildman–Crippen MR) is 135 cm³/mol. The zero-order chi connectivity index (χ0) is 24.2. The Balaban J connectivity index is 1.82. The second kappa shape index (κ2) is 10.4. The van der Waals surface area contributed by atoms with Crippen LogP contribution in [0.2, 0.25) is 0 Å². The van der Waals surface area contributed by atoms with Crippen LogP contribution in [0, 0.1) is 13.8 Å². The molecule has 1 saturated heterocycles. The quantitative estimate of drug-likeness (QED) is 0.294. The van der Waals surface area contributed by atoms with Crippen molar-refractivity contribution < 1.29 is 14.3 Å². The zero-order valence-electron chi connectivity index (χ0n) is 19.9. The van der Waals surface area contributed by atoms with E-state index in [-0.39, 0.29) is 18.1 Å². The number of aryl methyl sites for hydroxylation is 1. The van der Waals surface area contributed by atoms with E-state index in [0.29, 0.717) is 17.3 Å². The highest BCUT2D eigenvalue weighted by Crippen LogP contribution is 2.41. The van der Waals surface area contributed by atoms with Gasteiger partial charge in [0.1, 0.15) is 0 Å². The molecule has 1 aromatic carbocycles. The van der Waals surface area contributed by atoms with Gasteiger partial charge in [-0.05, 0) is 68.4 Å². The molecule has 8 heteroatoms. The molecule has 3 heterocycles. The van der Waals surface area contributed by atoms with Crippen LogP contribution in [0.3, 0.4) is 0 Å². The first kappa shape index (κ1) is 23.9. The molecule has 178 valence electrons. The van der Waals surface area contributed by atoms with Gasteiger partial charge in [-0.3, -0.25) is 4.98 Å². The van der Waals surface area contributed by atoms with E-state index in [9.17, 15) is 4.79 Å². The summed E-state index contributed by atoms with van der Waals surface area (Å²) in [5, 5.41) is 4.21. The van der Waals surface area contributed by atoms with Crippen molar-refractivity contribution in [3.05, 3.63) is 82.9 Å². The molecule has 1 aliphatic heterocycles. The third-order valence-electron chi connectivity index (χ3n) is 6.28. The van der Waals surface area contributed by atoms with Crippen molar-refractivity contribution in [2.45, 2.75) is 32.4 Å². The van der Waals surface area contributed by atoms with Crippen molar-refractivity contribution in [1.82, 2.24) is 19.8 Å². The second-order valence-electron chi connectivity index (χ2n) is 8.34. The number of rotatable bonds is 8. The Hall–Kier alpha value is -3.23. The van der Waals surface area contributed by atoms with Gasteiger partial charge in [0, 0.05) is 37.8 Å². The van der Waals surface area contributed by atoms with E-state index in [1.165, 1.54) is 7.11 Å². The molecule has 1 fully saturated rings. The maximum atomic E-state index is 12.5. The number of methoxy groups -OCH3 is 2. The van der Waals surface area contributed by atoms with E-state index in [0.717, 1.165) is 41.3 Å². The minimum atomic E-state index is -0.360. The standard InChI is InChI=1S/C26H30N4O3S/c1-17-16-20(18(2)30(17)22-12-6-5-10-19(22)25(31)33-4)24-23(21-11-7-8-13-27-21)28-26(34)29(24)14-9-15-32-3/h5-8,10-13,16,23-24H,9,14-15H2,1-4H3,(H,28,34)/t23-,24+/m0/s1. The lowest BCUT2D eigenvalue weighted by atomic mass is 9.96. The lowest BCUT2D eigenvalue weighted by Gasteiger charge is -2.28. The normalized spacial score (nSPS) is 17.6. The van der Waals surface area contributed by atoms with Crippen molar-refractivity contribution in [2.75, 3.05) is 27.4 Å². The number of para-hydroxylation sites is 1. The van der Waals surface area contributed by atoms with Gasteiger partial charge in [-0.2, -0.15) is 0 Å². The fraction of sp³-hybridized carbons (Fsp3) is 0.346. The molecule has 2 aromatic heterocycles. The van der Waals surface area contributed by atoms with Crippen LogP contribution >= 0.6 is 12.2 Å². The van der Waals surface area contributed by atoms with Crippen molar-refractivity contribution in [3.63, 3.8) is 0 Å². The topological polar surface area (TPSA) is 68.6 Å². The molecule has 0 bridgehead atoms. The van der Waals surface area contributed by atoms with Gasteiger partial charge in [0.05, 0.1) is 36.1 Å². The highest BCUT2D eigenvalue weighted by atomic mass is 32.1. The van der Waals surface area contributed by atoms with Gasteiger partial charge in [-0.25, -0.2) is 4.79 Å². The lowest BCUT2D eigenvalue weighted by molar-refractivity contribution is 0.0600. The van der Waals surface area contributed by atoms with Crippen LogP contribution in [0.1, 0.15) is 51.5 Å². The molecule has 2 atom stereocenters. The minimum Gasteiger partial charge on any atom is -0.465 e. The predicted octanol–water partition coefficient (Wildman–Crippen LogP) is 4.28. The number of pyridine rings is 1. The Kier molecular flexibility index (Phi) is 7.29. The summed E-state index contributed by atoms with van der Waals surface area (Å²) in [6, 6.07) is 15.5. The molecular weight excluding hydrogens is 448 g/mol. The molecule has 1 N–H and O–H groups in total. The number of ether oxygens (including phenoxy) is 2. The molecule has 4 rings (SSSR count). The SMILES string of the molecule is COCCCN1C(=S)N[C@@H](c2ccccn2)[C@H]1c1cc(C)n(-c2ccccc2C(=O)OC)c1C. The average Bonchev–Trinajstić information content (AvgIpc) is 3.34. The molecule has 34 heavy (non-hydrogen) atoms. The molecule has 0 saturated carbocycles. The summed E-state index contributed by atoms with van der Waals surface area (Å²) in [7, 11) is 3.11. The maximum Gasteiger partial charge on any atom is 0.339 e. The Labute approximate surface area is 205 Å². The molecule has 0 unspecified atom stereocenters. The number of hydrogen-bond acceptors (Lipinski definition) is 5. The number of carbonyl (C=O) groups excluding carboxylic acids is 1. The number of benzene rings is 1. The Morgan fingerprint density at radius 3 is 2.62 bits per heavy atom. The van der Waals surface area contributed by atoms with Crippen LogP contribution in [0.15, 0.2) is 54.7 Å². The van der Waals surface area contributed by atoms with Gasteiger partial charge in [-0.1, -0.05) is 18.2 Å². The summed E-state index contributed by atoms with van der Waals surface area (Å²) in [6.45, 7) is 5.55. The highest BCUT2D eigenvalue weighted by Gasteiger charge is 2.41. The smallest absolute Gasteiger partial charge is 0.339 e. The molecule has 0 spiro atoms. The van der Waals surface area contributed by atoms with Crippen LogP contribution in [0.25, 0.3) is 5.69 Å². The summed E-state index contributed by atoms with van der Waals surface area (Å²) in [6.07, 6.45) is 2.66. The van der Waals surface area contributed by atoms with E-state index >= 15 is 0 Å².